The van der Waals surface area contributed by atoms with E-state index in [0.717, 1.165) is 6.42 Å². The molecule has 0 aliphatic rings. The summed E-state index contributed by atoms with van der Waals surface area (Å²) in [6.45, 7) is 4.12. The summed E-state index contributed by atoms with van der Waals surface area (Å²) >= 11 is 0. The molecule has 0 fully saturated rings. The molecule has 1 aromatic rings. The molecule has 0 N–H and O–H groups in total. The molecule has 0 saturated carbocycles. The minimum atomic E-state index is 1.00. The summed E-state index contributed by atoms with van der Waals surface area (Å²) < 4.78 is 0. The topological polar surface area (TPSA) is 0 Å². The van der Waals surface area contributed by atoms with Gasteiger partial charge in [-0.05, 0) is 25.8 Å². The van der Waals surface area contributed by atoms with Crippen LogP contribution in [0.1, 0.15) is 18.1 Å². The van der Waals surface area contributed by atoms with Crippen LogP contribution >= 0.6 is 0 Å². The van der Waals surface area contributed by atoms with Crippen molar-refractivity contribution in [3.63, 3.8) is 0 Å². The average Bonchev–Trinajstić information content (AvgIpc) is 2.26. The number of benzene rings is 1. The second kappa shape index (κ2) is 6.83. The molecule has 0 saturated heterocycles. The van der Waals surface area contributed by atoms with Gasteiger partial charge in [-0.25, -0.2) is 0 Å². The van der Waals surface area contributed by atoms with Crippen LogP contribution in [0.2, 0.25) is 0 Å². The van der Waals surface area contributed by atoms with Crippen LogP contribution in [0, 0.1) is 6.92 Å². The smallest absolute Gasteiger partial charge is 0.00943 e. The molecule has 0 aromatic heterocycles. The first-order chi connectivity index (χ1) is 7.33. The normalized spacial score (nSPS) is 12.1. The summed E-state index contributed by atoms with van der Waals surface area (Å²) in [4.78, 5) is 0. The molecule has 0 nitrogen and oxygen atoms in total. The number of rotatable bonds is 4. The van der Waals surface area contributed by atoms with E-state index in [0.29, 0.717) is 0 Å². The Kier molecular flexibility index (Phi) is 5.24. The first kappa shape index (κ1) is 11.5. The van der Waals surface area contributed by atoms with Crippen LogP contribution in [0.3, 0.4) is 0 Å². The monoisotopic (exact) mass is 198 g/mol. The van der Waals surface area contributed by atoms with Crippen molar-refractivity contribution in [2.24, 2.45) is 0 Å². The van der Waals surface area contributed by atoms with Crippen molar-refractivity contribution in [3.8, 4) is 0 Å². The van der Waals surface area contributed by atoms with E-state index < -0.39 is 0 Å². The van der Waals surface area contributed by atoms with Crippen LogP contribution in [0.4, 0.5) is 0 Å². The van der Waals surface area contributed by atoms with Crippen LogP contribution in [0.5, 0.6) is 0 Å². The first-order valence-corrected chi connectivity index (χ1v) is 5.33. The van der Waals surface area contributed by atoms with Crippen LogP contribution in [0.15, 0.2) is 60.7 Å². The third kappa shape index (κ3) is 5.02. The fourth-order valence-electron chi connectivity index (χ4n) is 1.25. The molecule has 0 heteroatoms. The second-order valence-electron chi connectivity index (χ2n) is 3.53. The Morgan fingerprint density at radius 2 is 1.60 bits per heavy atom. The number of hydrogen-bond donors (Lipinski definition) is 0. The van der Waals surface area contributed by atoms with Gasteiger partial charge in [-0.2, -0.15) is 0 Å². The van der Waals surface area contributed by atoms with E-state index in [-0.39, 0.29) is 0 Å². The zero-order valence-electron chi connectivity index (χ0n) is 9.48. The number of hydrogen-bond acceptors (Lipinski definition) is 0. The number of aryl methyl sites for hydroxylation is 1. The quantitative estimate of drug-likeness (QED) is 0.635. The van der Waals surface area contributed by atoms with Crippen LogP contribution < -0.4 is 0 Å². The molecule has 0 bridgehead atoms. The van der Waals surface area contributed by atoms with Crippen molar-refractivity contribution in [2.75, 3.05) is 0 Å². The summed E-state index contributed by atoms with van der Waals surface area (Å²) in [5, 5.41) is 0. The third-order valence-electron chi connectivity index (χ3n) is 2.14. The molecule has 0 heterocycles. The van der Waals surface area contributed by atoms with Gasteiger partial charge in [0.15, 0.2) is 0 Å². The van der Waals surface area contributed by atoms with E-state index >= 15 is 0 Å². The van der Waals surface area contributed by atoms with Crippen LogP contribution in [-0.4, -0.2) is 0 Å². The maximum atomic E-state index is 2.18. The van der Waals surface area contributed by atoms with E-state index in [1.807, 2.05) is 31.2 Å². The van der Waals surface area contributed by atoms with E-state index in [2.05, 4.69) is 43.3 Å². The highest BCUT2D eigenvalue weighted by Crippen LogP contribution is 2.04. The van der Waals surface area contributed by atoms with Gasteiger partial charge in [0.05, 0.1) is 0 Å². The van der Waals surface area contributed by atoms with Gasteiger partial charge in [0, 0.05) is 0 Å². The lowest BCUT2D eigenvalue weighted by molar-refractivity contribution is 1.26. The highest BCUT2D eigenvalue weighted by Gasteiger charge is 1.87. The fraction of sp³-hybridized carbons (Fsp3) is 0.200. The van der Waals surface area contributed by atoms with Crippen molar-refractivity contribution in [3.05, 3.63) is 71.8 Å². The lowest BCUT2D eigenvalue weighted by Gasteiger charge is -1.96. The largest absolute Gasteiger partial charge is 0.0877 e. The highest BCUT2D eigenvalue weighted by atomic mass is 13.9. The highest BCUT2D eigenvalue weighted by molar-refractivity contribution is 5.23. The van der Waals surface area contributed by atoms with Crippen molar-refractivity contribution in [1.82, 2.24) is 0 Å². The predicted molar refractivity (Wildman–Crippen MR) is 68.0 cm³/mol. The zero-order chi connectivity index (χ0) is 10.9. The first-order valence-electron chi connectivity index (χ1n) is 5.33. The maximum absolute atomic E-state index is 2.18. The lowest BCUT2D eigenvalue weighted by Crippen LogP contribution is -1.80. The molecule has 1 aromatic carbocycles. The Hall–Kier alpha value is -1.56. The van der Waals surface area contributed by atoms with Crippen molar-refractivity contribution >= 4 is 0 Å². The average molecular weight is 198 g/mol. The molecule has 15 heavy (non-hydrogen) atoms. The lowest BCUT2D eigenvalue weighted by atomic mass is 10.1. The molecule has 1 rings (SSSR count). The van der Waals surface area contributed by atoms with Crippen molar-refractivity contribution < 1.29 is 0 Å². The van der Waals surface area contributed by atoms with Gasteiger partial charge in [0.1, 0.15) is 0 Å². The Labute approximate surface area is 92.6 Å². The third-order valence-corrected chi connectivity index (χ3v) is 2.14. The minimum Gasteiger partial charge on any atom is -0.0877 e. The SMILES string of the molecule is C/C=C/C=C/C=C/Cc1ccc(C)cc1. The predicted octanol–water partition coefficient (Wildman–Crippen LogP) is 4.23. The van der Waals surface area contributed by atoms with E-state index in [9.17, 15) is 0 Å². The maximum Gasteiger partial charge on any atom is -0.00943 e. The summed E-state index contributed by atoms with van der Waals surface area (Å²) in [5.41, 5.74) is 2.67. The second-order valence-corrected chi connectivity index (χ2v) is 3.53. The van der Waals surface area contributed by atoms with Gasteiger partial charge < -0.3 is 0 Å². The van der Waals surface area contributed by atoms with Gasteiger partial charge >= 0.3 is 0 Å². The van der Waals surface area contributed by atoms with Gasteiger partial charge in [-0.1, -0.05) is 66.3 Å². The summed E-state index contributed by atoms with van der Waals surface area (Å²) in [5.74, 6) is 0. The van der Waals surface area contributed by atoms with Gasteiger partial charge in [0.2, 0.25) is 0 Å². The van der Waals surface area contributed by atoms with Gasteiger partial charge in [-0.15, -0.1) is 0 Å². The molecular formula is C15H18. The summed E-state index contributed by atoms with van der Waals surface area (Å²) in [7, 11) is 0. The molecular weight excluding hydrogens is 180 g/mol. The molecule has 0 spiro atoms. The Bertz CT molecular complexity index is 350. The van der Waals surface area contributed by atoms with Crippen LogP contribution in [0.25, 0.3) is 0 Å². The van der Waals surface area contributed by atoms with Gasteiger partial charge in [-0.3, -0.25) is 0 Å². The molecule has 0 atom stereocenters. The standard InChI is InChI=1S/C15H18/c1-3-4-5-6-7-8-9-15-12-10-14(2)11-13-15/h3-8,10-13H,9H2,1-2H3/b4-3+,6-5+,8-7+. The molecule has 0 unspecified atom stereocenters. The summed E-state index contributed by atoms with van der Waals surface area (Å²) in [6.07, 6.45) is 13.4. The Balaban J connectivity index is 2.40. The molecule has 78 valence electrons. The summed E-state index contributed by atoms with van der Waals surface area (Å²) in [6, 6.07) is 8.66. The molecule has 0 amide bonds. The fourth-order valence-corrected chi connectivity index (χ4v) is 1.25. The Morgan fingerprint density at radius 3 is 2.27 bits per heavy atom. The molecule has 0 radical (unpaired) electrons. The molecule has 0 aliphatic carbocycles. The zero-order valence-corrected chi connectivity index (χ0v) is 9.48. The van der Waals surface area contributed by atoms with Crippen LogP contribution in [-0.2, 0) is 6.42 Å². The van der Waals surface area contributed by atoms with E-state index in [4.69, 9.17) is 0 Å². The van der Waals surface area contributed by atoms with E-state index in [1.54, 1.807) is 0 Å². The number of allylic oxidation sites excluding steroid dienone is 6. The van der Waals surface area contributed by atoms with Crippen molar-refractivity contribution in [1.29, 1.82) is 0 Å². The van der Waals surface area contributed by atoms with Gasteiger partial charge in [0.25, 0.3) is 0 Å². The van der Waals surface area contributed by atoms with E-state index in [1.165, 1.54) is 11.1 Å². The van der Waals surface area contributed by atoms with Crippen molar-refractivity contribution in [2.45, 2.75) is 20.3 Å². The Morgan fingerprint density at radius 1 is 0.933 bits per heavy atom. The minimum absolute atomic E-state index is 1.00. The molecule has 0 aliphatic heterocycles.